The Balaban J connectivity index is 1.83. The van der Waals surface area contributed by atoms with Crippen molar-refractivity contribution in [3.8, 4) is 0 Å². The van der Waals surface area contributed by atoms with Gasteiger partial charge in [0, 0.05) is 31.0 Å². The van der Waals surface area contributed by atoms with Crippen LogP contribution in [0.15, 0.2) is 30.3 Å². The second-order valence-electron chi connectivity index (χ2n) is 7.86. The zero-order chi connectivity index (χ0) is 19.6. The molecule has 0 saturated heterocycles. The second-order valence-corrected chi connectivity index (χ2v) is 7.86. The fourth-order valence-corrected chi connectivity index (χ4v) is 3.25. The Hall–Kier alpha value is -1.88. The van der Waals surface area contributed by atoms with Gasteiger partial charge in [0.05, 0.1) is 0 Å². The Kier molecular flexibility index (Phi) is 8.79. The molecule has 1 saturated carbocycles. The van der Waals surface area contributed by atoms with Gasteiger partial charge in [0.15, 0.2) is 0 Å². The van der Waals surface area contributed by atoms with Crippen LogP contribution in [0.25, 0.3) is 0 Å². The summed E-state index contributed by atoms with van der Waals surface area (Å²) in [4.78, 5) is 25.0. The molecule has 0 radical (unpaired) electrons. The highest BCUT2D eigenvalue weighted by atomic mass is 16.2. The van der Waals surface area contributed by atoms with Gasteiger partial charge in [0.2, 0.25) is 11.8 Å². The van der Waals surface area contributed by atoms with Crippen LogP contribution in [0.4, 0.5) is 0 Å². The van der Waals surface area contributed by atoms with Crippen LogP contribution in [-0.4, -0.2) is 36.5 Å². The monoisotopic (exact) mass is 373 g/mol. The van der Waals surface area contributed by atoms with Gasteiger partial charge < -0.3 is 16.0 Å². The van der Waals surface area contributed by atoms with E-state index in [-0.39, 0.29) is 23.9 Å². The summed E-state index contributed by atoms with van der Waals surface area (Å²) in [5.74, 6) is 0.263. The van der Waals surface area contributed by atoms with Crippen molar-refractivity contribution in [2.45, 2.75) is 83.3 Å². The predicted molar refractivity (Wildman–Crippen MR) is 110 cm³/mol. The summed E-state index contributed by atoms with van der Waals surface area (Å²) in [6.07, 6.45) is 5.69. The molecule has 0 spiro atoms. The molecule has 0 heterocycles. The molecule has 0 aromatic heterocycles. The smallest absolute Gasteiger partial charge is 0.244 e. The molecule has 0 bridgehead atoms. The molecule has 2 rings (SSSR count). The molecule has 1 aromatic rings. The Morgan fingerprint density at radius 3 is 2.52 bits per heavy atom. The van der Waals surface area contributed by atoms with E-state index in [1.54, 1.807) is 0 Å². The number of nitrogens with one attached hydrogen (secondary N) is 3. The summed E-state index contributed by atoms with van der Waals surface area (Å²) >= 11 is 0. The van der Waals surface area contributed by atoms with Crippen molar-refractivity contribution < 1.29 is 9.59 Å². The highest BCUT2D eigenvalue weighted by molar-refractivity contribution is 5.88. The summed E-state index contributed by atoms with van der Waals surface area (Å²) in [6, 6.07) is 10.2. The first-order chi connectivity index (χ1) is 13.0. The molecule has 0 unspecified atom stereocenters. The van der Waals surface area contributed by atoms with E-state index in [0.29, 0.717) is 18.9 Å². The summed E-state index contributed by atoms with van der Waals surface area (Å²) in [5.41, 5.74) is 1.26. The molecule has 5 heteroatoms. The largest absolute Gasteiger partial charge is 0.351 e. The van der Waals surface area contributed by atoms with Crippen molar-refractivity contribution in [3.63, 3.8) is 0 Å². The Bertz CT molecular complexity index is 588. The minimum absolute atomic E-state index is 0.0350. The lowest BCUT2D eigenvalue weighted by atomic mass is 10.1. The van der Waals surface area contributed by atoms with Crippen LogP contribution in [0.3, 0.4) is 0 Å². The van der Waals surface area contributed by atoms with Gasteiger partial charge in [-0.25, -0.2) is 0 Å². The lowest BCUT2D eigenvalue weighted by Crippen LogP contribution is -2.53. The summed E-state index contributed by atoms with van der Waals surface area (Å²) in [7, 11) is 0. The Morgan fingerprint density at radius 2 is 1.85 bits per heavy atom. The van der Waals surface area contributed by atoms with Gasteiger partial charge >= 0.3 is 0 Å². The number of benzene rings is 1. The minimum atomic E-state index is -0.525. The quantitative estimate of drug-likeness (QED) is 0.493. The molecule has 27 heavy (non-hydrogen) atoms. The summed E-state index contributed by atoms with van der Waals surface area (Å²) < 4.78 is 0. The Labute approximate surface area is 163 Å². The van der Waals surface area contributed by atoms with E-state index >= 15 is 0 Å². The van der Waals surface area contributed by atoms with Gasteiger partial charge in [0.25, 0.3) is 0 Å². The van der Waals surface area contributed by atoms with Crippen molar-refractivity contribution in [2.24, 2.45) is 0 Å². The van der Waals surface area contributed by atoms with Crippen LogP contribution in [0.1, 0.15) is 70.8 Å². The van der Waals surface area contributed by atoms with Crippen molar-refractivity contribution in [3.05, 3.63) is 35.9 Å². The number of hydrogen-bond acceptors (Lipinski definition) is 3. The summed E-state index contributed by atoms with van der Waals surface area (Å²) in [5, 5.41) is 9.31. The fraction of sp³-hybridized carbons (Fsp3) is 0.636. The van der Waals surface area contributed by atoms with Crippen molar-refractivity contribution in [2.75, 3.05) is 6.54 Å². The van der Waals surface area contributed by atoms with Crippen LogP contribution in [0, 0.1) is 0 Å². The SMILES string of the molecule is CCCCCCC(=O)N[C@@H](CNC(C)C)C(=O)N[C@H]1C[C@@H]1c1ccccc1. The third-order valence-corrected chi connectivity index (χ3v) is 4.99. The zero-order valence-electron chi connectivity index (χ0n) is 17.0. The maximum atomic E-state index is 12.7. The van der Waals surface area contributed by atoms with Gasteiger partial charge in [-0.1, -0.05) is 70.4 Å². The molecule has 150 valence electrons. The first-order valence-electron chi connectivity index (χ1n) is 10.4. The first kappa shape index (κ1) is 21.4. The van der Waals surface area contributed by atoms with E-state index in [9.17, 15) is 9.59 Å². The van der Waals surface area contributed by atoms with Crippen LogP contribution < -0.4 is 16.0 Å². The van der Waals surface area contributed by atoms with E-state index in [1.807, 2.05) is 32.0 Å². The van der Waals surface area contributed by atoms with Crippen LogP contribution in [-0.2, 0) is 9.59 Å². The summed E-state index contributed by atoms with van der Waals surface area (Å²) in [6.45, 7) is 6.67. The maximum Gasteiger partial charge on any atom is 0.244 e. The van der Waals surface area contributed by atoms with Crippen LogP contribution in [0.2, 0.25) is 0 Å². The van der Waals surface area contributed by atoms with Crippen molar-refractivity contribution in [1.29, 1.82) is 0 Å². The molecule has 3 atom stereocenters. The van der Waals surface area contributed by atoms with E-state index < -0.39 is 6.04 Å². The van der Waals surface area contributed by atoms with E-state index in [4.69, 9.17) is 0 Å². The third-order valence-electron chi connectivity index (χ3n) is 4.99. The molecule has 1 fully saturated rings. The van der Waals surface area contributed by atoms with E-state index in [2.05, 4.69) is 35.0 Å². The molecular formula is C22H35N3O2. The molecule has 1 aromatic carbocycles. The van der Waals surface area contributed by atoms with Gasteiger partial charge in [-0.15, -0.1) is 0 Å². The molecule has 1 aliphatic rings. The average molecular weight is 374 g/mol. The minimum Gasteiger partial charge on any atom is -0.351 e. The first-order valence-corrected chi connectivity index (χ1v) is 10.4. The van der Waals surface area contributed by atoms with Gasteiger partial charge in [0.1, 0.15) is 6.04 Å². The number of carbonyl (C=O) groups excluding carboxylic acids is 2. The number of amides is 2. The van der Waals surface area contributed by atoms with E-state index in [1.165, 1.54) is 5.56 Å². The van der Waals surface area contributed by atoms with Gasteiger partial charge in [-0.2, -0.15) is 0 Å². The van der Waals surface area contributed by atoms with Gasteiger partial charge in [-0.3, -0.25) is 9.59 Å². The second kappa shape index (κ2) is 11.1. The number of hydrogen-bond donors (Lipinski definition) is 3. The molecule has 5 nitrogen and oxygen atoms in total. The highest BCUT2D eigenvalue weighted by Gasteiger charge is 2.40. The third kappa shape index (κ3) is 7.71. The van der Waals surface area contributed by atoms with E-state index in [0.717, 1.165) is 32.1 Å². The highest BCUT2D eigenvalue weighted by Crippen LogP contribution is 2.40. The zero-order valence-corrected chi connectivity index (χ0v) is 17.0. The lowest BCUT2D eigenvalue weighted by Gasteiger charge is -2.20. The predicted octanol–water partition coefficient (Wildman–Crippen LogP) is 3.11. The van der Waals surface area contributed by atoms with Crippen LogP contribution in [0.5, 0.6) is 0 Å². The number of unbranched alkanes of at least 4 members (excludes halogenated alkanes) is 3. The number of rotatable bonds is 12. The molecular weight excluding hydrogens is 338 g/mol. The molecule has 2 amide bonds. The maximum absolute atomic E-state index is 12.7. The average Bonchev–Trinajstić information content (AvgIpc) is 3.42. The molecule has 3 N–H and O–H groups in total. The normalized spacial score (nSPS) is 19.6. The van der Waals surface area contributed by atoms with Crippen molar-refractivity contribution >= 4 is 11.8 Å². The topological polar surface area (TPSA) is 70.2 Å². The molecule has 0 aliphatic heterocycles. The lowest BCUT2D eigenvalue weighted by molar-refractivity contribution is -0.129. The Morgan fingerprint density at radius 1 is 1.11 bits per heavy atom. The number of carbonyl (C=O) groups is 2. The van der Waals surface area contributed by atoms with Gasteiger partial charge in [-0.05, 0) is 18.4 Å². The molecule has 1 aliphatic carbocycles. The fourth-order valence-electron chi connectivity index (χ4n) is 3.25. The van der Waals surface area contributed by atoms with Crippen LogP contribution >= 0.6 is 0 Å². The van der Waals surface area contributed by atoms with Crippen molar-refractivity contribution in [1.82, 2.24) is 16.0 Å². The standard InChI is InChI=1S/C22H35N3O2/c1-4-5-6-10-13-21(26)24-20(15-23-16(2)3)22(27)25-19-14-18(19)17-11-8-7-9-12-17/h7-9,11-12,16,18-20,23H,4-6,10,13-15H2,1-3H3,(H,24,26)(H,25,27)/t18-,19+,20+/m1/s1.